The van der Waals surface area contributed by atoms with Gasteiger partial charge in [0.05, 0.1) is 27.6 Å². The maximum Gasteiger partial charge on any atom is 0.276 e. The van der Waals surface area contributed by atoms with Gasteiger partial charge in [-0.15, -0.1) is 0 Å². The van der Waals surface area contributed by atoms with Gasteiger partial charge < -0.3 is 0 Å². The van der Waals surface area contributed by atoms with Crippen LogP contribution in [0.1, 0.15) is 5.56 Å². The van der Waals surface area contributed by atoms with Crippen molar-refractivity contribution in [2.75, 3.05) is 0 Å². The molecule has 2 heterocycles. The summed E-state index contributed by atoms with van der Waals surface area (Å²) >= 11 is 12.0. The van der Waals surface area contributed by atoms with E-state index in [1.807, 2.05) is 12.1 Å². The quantitative estimate of drug-likeness (QED) is 0.498. The number of pyridine rings is 1. The number of hydrazine groups is 1. The lowest BCUT2D eigenvalue weighted by molar-refractivity contribution is -0.115. The van der Waals surface area contributed by atoms with Crippen LogP contribution in [0.4, 0.5) is 5.69 Å². The first-order valence-electron chi connectivity index (χ1n) is 7.43. The van der Waals surface area contributed by atoms with Gasteiger partial charge in [0.25, 0.3) is 5.91 Å². The maximum atomic E-state index is 11.9. The summed E-state index contributed by atoms with van der Waals surface area (Å²) in [5, 5.41) is 4.87. The molecule has 1 amide bonds. The van der Waals surface area contributed by atoms with E-state index < -0.39 is 5.91 Å². The van der Waals surface area contributed by atoms with Crippen LogP contribution in [0.5, 0.6) is 0 Å². The van der Waals surface area contributed by atoms with Crippen LogP contribution < -0.4 is 10.9 Å². The van der Waals surface area contributed by atoms with Crippen molar-refractivity contribution in [2.24, 2.45) is 4.99 Å². The number of nitrogens with one attached hydrogen (secondary N) is 2. The van der Waals surface area contributed by atoms with Crippen molar-refractivity contribution >= 4 is 41.0 Å². The van der Waals surface area contributed by atoms with Crippen LogP contribution in [-0.2, 0) is 11.3 Å². The van der Waals surface area contributed by atoms with Gasteiger partial charge in [-0.05, 0) is 18.2 Å². The molecular weight excluding hydrogens is 377 g/mol. The van der Waals surface area contributed by atoms with Crippen LogP contribution >= 0.6 is 23.2 Å². The first-order valence-corrected chi connectivity index (χ1v) is 8.19. The molecule has 0 bridgehead atoms. The Hall–Kier alpha value is -2.81. The Kier molecular flexibility index (Phi) is 5.90. The van der Waals surface area contributed by atoms with Gasteiger partial charge in [0.2, 0.25) is 0 Å². The molecule has 0 unspecified atom stereocenters. The monoisotopic (exact) mass is 389 g/mol. The van der Waals surface area contributed by atoms with Crippen LogP contribution in [0.2, 0.25) is 10.0 Å². The zero-order valence-electron chi connectivity index (χ0n) is 13.3. The highest BCUT2D eigenvalue weighted by molar-refractivity contribution is 6.35. The average molecular weight is 390 g/mol. The molecule has 8 nitrogen and oxygen atoms in total. The Bertz CT molecular complexity index is 908. The fourth-order valence-corrected chi connectivity index (χ4v) is 2.55. The summed E-state index contributed by atoms with van der Waals surface area (Å²) in [5.41, 5.74) is 7.27. The van der Waals surface area contributed by atoms with E-state index in [1.54, 1.807) is 23.1 Å². The maximum absolute atomic E-state index is 11.9. The lowest BCUT2D eigenvalue weighted by atomic mass is 10.3. The average Bonchev–Trinajstić information content (AvgIpc) is 3.17. The molecule has 0 atom stereocenters. The molecular formula is C16H13Cl2N7O. The molecule has 3 rings (SSSR count). The van der Waals surface area contributed by atoms with E-state index in [9.17, 15) is 4.79 Å². The number of rotatable bonds is 6. The Morgan fingerprint density at radius 2 is 2.04 bits per heavy atom. The SMILES string of the molecule is O=C(C=Nc1cccc(-n2cncn2)c1)NNCc1c(Cl)cncc1Cl. The minimum atomic E-state index is -0.419. The molecule has 26 heavy (non-hydrogen) atoms. The highest BCUT2D eigenvalue weighted by Gasteiger charge is 2.06. The first-order chi connectivity index (χ1) is 12.6. The third kappa shape index (κ3) is 4.63. The minimum absolute atomic E-state index is 0.252. The zero-order valence-corrected chi connectivity index (χ0v) is 14.8. The van der Waals surface area contributed by atoms with Gasteiger partial charge in [-0.25, -0.2) is 15.1 Å². The number of aromatic nitrogens is 4. The number of benzene rings is 1. The fraction of sp³-hybridized carbons (Fsp3) is 0.0625. The van der Waals surface area contributed by atoms with Crippen molar-refractivity contribution in [2.45, 2.75) is 6.54 Å². The Morgan fingerprint density at radius 3 is 2.77 bits per heavy atom. The molecule has 10 heteroatoms. The largest absolute Gasteiger partial charge is 0.286 e. The summed E-state index contributed by atoms with van der Waals surface area (Å²) in [5.74, 6) is -0.419. The standard InChI is InChI=1S/C16H13Cl2N7O/c17-14-6-19-7-15(18)13(14)5-22-24-16(26)8-21-11-2-1-3-12(4-11)25-10-20-9-23-25/h1-4,6-10,22H,5H2,(H,24,26). The molecule has 3 aromatic rings. The van der Waals surface area contributed by atoms with Crippen molar-refractivity contribution in [3.8, 4) is 5.69 Å². The summed E-state index contributed by atoms with van der Waals surface area (Å²) in [6, 6.07) is 7.22. The number of nitrogens with zero attached hydrogens (tertiary/aromatic N) is 5. The van der Waals surface area contributed by atoms with E-state index in [-0.39, 0.29) is 6.54 Å². The van der Waals surface area contributed by atoms with Crippen molar-refractivity contribution < 1.29 is 4.79 Å². The lowest BCUT2D eigenvalue weighted by Crippen LogP contribution is -2.37. The number of amides is 1. The van der Waals surface area contributed by atoms with Gasteiger partial charge >= 0.3 is 0 Å². The second-order valence-corrected chi connectivity index (χ2v) is 5.86. The van der Waals surface area contributed by atoms with Gasteiger partial charge in [-0.2, -0.15) is 5.10 Å². The van der Waals surface area contributed by atoms with Gasteiger partial charge in [0.15, 0.2) is 0 Å². The number of hydrogen-bond donors (Lipinski definition) is 2. The van der Waals surface area contributed by atoms with Crippen LogP contribution in [0.25, 0.3) is 5.69 Å². The molecule has 0 aliphatic carbocycles. The van der Waals surface area contributed by atoms with E-state index >= 15 is 0 Å². The zero-order chi connectivity index (χ0) is 18.4. The van der Waals surface area contributed by atoms with E-state index in [0.29, 0.717) is 21.3 Å². The topological polar surface area (TPSA) is 97.1 Å². The lowest BCUT2D eigenvalue weighted by Gasteiger charge is -2.08. The number of halogens is 2. The Labute approximate surface area is 158 Å². The third-order valence-electron chi connectivity index (χ3n) is 3.27. The number of carbonyl (C=O) groups is 1. The molecule has 132 valence electrons. The van der Waals surface area contributed by atoms with Crippen LogP contribution in [0, 0.1) is 0 Å². The van der Waals surface area contributed by atoms with E-state index in [0.717, 1.165) is 5.69 Å². The summed E-state index contributed by atoms with van der Waals surface area (Å²) in [6.07, 6.45) is 7.15. The van der Waals surface area contributed by atoms with E-state index in [1.165, 1.54) is 24.9 Å². The molecule has 0 saturated carbocycles. The highest BCUT2D eigenvalue weighted by Crippen LogP contribution is 2.22. The fourth-order valence-electron chi connectivity index (χ4n) is 2.05. The predicted molar refractivity (Wildman–Crippen MR) is 98.8 cm³/mol. The van der Waals surface area contributed by atoms with Crippen molar-refractivity contribution in [1.29, 1.82) is 0 Å². The minimum Gasteiger partial charge on any atom is -0.286 e. The van der Waals surface area contributed by atoms with Gasteiger partial charge in [-0.3, -0.25) is 20.2 Å². The number of hydrogen-bond acceptors (Lipinski definition) is 6. The second-order valence-electron chi connectivity index (χ2n) is 5.04. The molecule has 0 fully saturated rings. The Balaban J connectivity index is 1.56. The highest BCUT2D eigenvalue weighted by atomic mass is 35.5. The summed E-state index contributed by atoms with van der Waals surface area (Å²) < 4.78 is 1.60. The smallest absolute Gasteiger partial charge is 0.276 e. The van der Waals surface area contributed by atoms with Crippen molar-refractivity contribution in [1.82, 2.24) is 30.6 Å². The molecule has 0 saturated heterocycles. The predicted octanol–water partition coefficient (Wildman–Crippen LogP) is 2.49. The molecule has 1 aromatic carbocycles. The van der Waals surface area contributed by atoms with Crippen LogP contribution in [-0.4, -0.2) is 31.9 Å². The van der Waals surface area contributed by atoms with E-state index in [4.69, 9.17) is 23.2 Å². The summed E-state index contributed by atoms with van der Waals surface area (Å²) in [7, 11) is 0. The number of aliphatic imine (C=N–C) groups is 1. The van der Waals surface area contributed by atoms with Crippen LogP contribution in [0.15, 0.2) is 54.3 Å². The van der Waals surface area contributed by atoms with Crippen molar-refractivity contribution in [3.63, 3.8) is 0 Å². The van der Waals surface area contributed by atoms with Gasteiger partial charge in [0.1, 0.15) is 12.7 Å². The van der Waals surface area contributed by atoms with Crippen LogP contribution in [0.3, 0.4) is 0 Å². The Morgan fingerprint density at radius 1 is 1.23 bits per heavy atom. The first kappa shape index (κ1) is 18.0. The number of carbonyl (C=O) groups excluding carboxylic acids is 1. The second kappa shape index (κ2) is 8.52. The molecule has 0 radical (unpaired) electrons. The third-order valence-corrected chi connectivity index (χ3v) is 3.92. The molecule has 2 N–H and O–H groups in total. The molecule has 0 aliphatic rings. The molecule has 0 spiro atoms. The normalized spacial score (nSPS) is 11.0. The van der Waals surface area contributed by atoms with Gasteiger partial charge in [0, 0.05) is 24.5 Å². The summed E-state index contributed by atoms with van der Waals surface area (Å²) in [4.78, 5) is 23.8. The summed E-state index contributed by atoms with van der Waals surface area (Å²) in [6.45, 7) is 0.252. The van der Waals surface area contributed by atoms with Crippen molar-refractivity contribution in [3.05, 3.63) is 64.9 Å². The molecule has 0 aliphatic heterocycles. The van der Waals surface area contributed by atoms with Gasteiger partial charge in [-0.1, -0.05) is 29.3 Å². The molecule has 2 aromatic heterocycles. The van der Waals surface area contributed by atoms with E-state index in [2.05, 4.69) is 30.9 Å².